The Morgan fingerprint density at radius 2 is 1.70 bits per heavy atom. The van der Waals surface area contributed by atoms with Gasteiger partial charge in [0, 0.05) is 50.3 Å². The number of hydrogen-bond acceptors (Lipinski definition) is 9. The lowest BCUT2D eigenvalue weighted by atomic mass is 9.89. The van der Waals surface area contributed by atoms with Crippen LogP contribution >= 0.6 is 0 Å². The van der Waals surface area contributed by atoms with E-state index in [0.717, 1.165) is 6.42 Å². The molecule has 1 N–H and O–H groups in total. The number of pyridine rings is 1. The van der Waals surface area contributed by atoms with Crippen LogP contribution in [0.2, 0.25) is 16.6 Å². The van der Waals surface area contributed by atoms with Gasteiger partial charge in [-0.15, -0.1) is 5.54 Å². The van der Waals surface area contributed by atoms with Crippen LogP contribution in [0.4, 0.5) is 28.2 Å². The van der Waals surface area contributed by atoms with Crippen LogP contribution < -0.4 is 14.4 Å². The Hall–Kier alpha value is -4.72. The molecule has 1 saturated carbocycles. The molecule has 5 fully saturated rings. The number of alkyl halides is 2. The number of hydrogen-bond donors (Lipinski definition) is 1. The van der Waals surface area contributed by atoms with Gasteiger partial charge in [-0.05, 0) is 78.9 Å². The minimum Gasteiger partial charge on any atom is -0.468 e. The van der Waals surface area contributed by atoms with E-state index < -0.39 is 42.7 Å². The number of benzene rings is 2. The van der Waals surface area contributed by atoms with Gasteiger partial charge in [0.15, 0.2) is 12.6 Å². The molecule has 336 valence electrons. The average molecular weight is 889 g/mol. The molecule has 4 aromatic rings. The molecular formula is C47H56F4N6O5Si. The van der Waals surface area contributed by atoms with Crippen molar-refractivity contribution >= 4 is 41.7 Å². The summed E-state index contributed by atoms with van der Waals surface area (Å²) in [5.41, 5.74) is 2.96. The third kappa shape index (κ3) is 7.08. The summed E-state index contributed by atoms with van der Waals surface area (Å²) in [5, 5.41) is 11.2. The number of piperazine rings is 1. The highest BCUT2D eigenvalue weighted by atomic mass is 28.3. The van der Waals surface area contributed by atoms with Crippen molar-refractivity contribution in [3.8, 4) is 34.5 Å². The maximum absolute atomic E-state index is 17.8. The third-order valence-corrected chi connectivity index (χ3v) is 21.4. The van der Waals surface area contributed by atoms with Crippen molar-refractivity contribution in [2.24, 2.45) is 5.41 Å². The number of ether oxygens (including phenoxy) is 3. The van der Waals surface area contributed by atoms with Gasteiger partial charge in [0.2, 0.25) is 0 Å². The third-order valence-electron chi connectivity index (χ3n) is 15.1. The maximum atomic E-state index is 17.8. The molecule has 5 aliphatic rings. The van der Waals surface area contributed by atoms with Crippen molar-refractivity contribution < 1.29 is 41.7 Å². The summed E-state index contributed by atoms with van der Waals surface area (Å²) in [5.74, 6) is -0.0837. The van der Waals surface area contributed by atoms with Gasteiger partial charge in [-0.3, -0.25) is 14.8 Å². The Labute approximate surface area is 366 Å². The molecule has 63 heavy (non-hydrogen) atoms. The lowest BCUT2D eigenvalue weighted by molar-refractivity contribution is 0.0512. The first-order valence-electron chi connectivity index (χ1n) is 22.2. The van der Waals surface area contributed by atoms with Gasteiger partial charge in [-0.25, -0.2) is 22.4 Å². The Morgan fingerprint density at radius 1 is 1.00 bits per heavy atom. The van der Waals surface area contributed by atoms with E-state index in [2.05, 4.69) is 57.9 Å². The van der Waals surface area contributed by atoms with Crippen LogP contribution in [-0.4, -0.2) is 114 Å². The molecule has 4 aliphatic heterocycles. The van der Waals surface area contributed by atoms with Gasteiger partial charge in [-0.1, -0.05) is 53.5 Å². The second kappa shape index (κ2) is 15.8. The Bertz CT molecular complexity index is 2520. The van der Waals surface area contributed by atoms with Crippen LogP contribution in [0.15, 0.2) is 30.5 Å². The molecule has 6 heterocycles. The fourth-order valence-electron chi connectivity index (χ4n) is 12.1. The largest absolute Gasteiger partial charge is 0.468 e. The van der Waals surface area contributed by atoms with Gasteiger partial charge in [0.05, 0.1) is 34.0 Å². The standard InChI is InChI=1S/C47H56F4N6O5Si/c1-27(2)63(28(3)4,29(5)6)16-13-34-37(48)12-9-30-17-33(62-26-60-7)18-35(38(30)34)40-39(49)41-36(19-52-40)42(55-20-31-10-11-32(21-55)57(31)44(58)59)54-43(53-41)61-25-46-14-8-15-56(46)24-45(22-46)23-47(45,50)51/h9,12,17-19,27-29,31-32H,8,10-11,14-15,20-26H2,1-7H3,(H,58,59)/t31-,32+,45-,46+/m1/s1. The van der Waals surface area contributed by atoms with Crippen LogP contribution in [0.1, 0.15) is 85.6 Å². The summed E-state index contributed by atoms with van der Waals surface area (Å²) >= 11 is 0. The van der Waals surface area contributed by atoms with E-state index in [1.165, 1.54) is 24.3 Å². The highest BCUT2D eigenvalue weighted by Crippen LogP contribution is 2.69. The van der Waals surface area contributed by atoms with Crippen LogP contribution in [0.25, 0.3) is 32.9 Å². The number of amides is 1. The second-order valence-corrected chi connectivity index (χ2v) is 25.1. The molecule has 2 aromatic carbocycles. The fraction of sp³-hybridized carbons (Fsp3) is 0.574. The van der Waals surface area contributed by atoms with Gasteiger partial charge < -0.3 is 24.2 Å². The molecule has 0 radical (unpaired) electrons. The van der Waals surface area contributed by atoms with Gasteiger partial charge in [0.1, 0.15) is 43.3 Å². The van der Waals surface area contributed by atoms with Crippen molar-refractivity contribution in [2.75, 3.05) is 51.6 Å². The van der Waals surface area contributed by atoms with Crippen LogP contribution in [0, 0.1) is 28.5 Å². The smallest absolute Gasteiger partial charge is 0.407 e. The molecule has 4 atom stereocenters. The summed E-state index contributed by atoms with van der Waals surface area (Å²) in [6.45, 7) is 14.7. The fourth-order valence-corrected chi connectivity index (χ4v) is 17.3. The van der Waals surface area contributed by atoms with Crippen molar-refractivity contribution in [1.29, 1.82) is 0 Å². The number of fused-ring (bicyclic) bond motifs is 5. The van der Waals surface area contributed by atoms with E-state index in [-0.39, 0.29) is 82.3 Å². The van der Waals surface area contributed by atoms with E-state index in [1.54, 1.807) is 18.2 Å². The monoisotopic (exact) mass is 888 g/mol. The first-order valence-corrected chi connectivity index (χ1v) is 24.5. The molecule has 9 rings (SSSR count). The Morgan fingerprint density at radius 3 is 2.33 bits per heavy atom. The zero-order chi connectivity index (χ0) is 44.8. The average Bonchev–Trinajstić information content (AvgIpc) is 3.50. The number of anilines is 1. The van der Waals surface area contributed by atoms with Crippen LogP contribution in [0.5, 0.6) is 11.8 Å². The summed E-state index contributed by atoms with van der Waals surface area (Å²) in [6.07, 6.45) is 3.54. The van der Waals surface area contributed by atoms with E-state index >= 15 is 8.78 Å². The lowest BCUT2D eigenvalue weighted by Gasteiger charge is -2.40. The van der Waals surface area contributed by atoms with Crippen LogP contribution in [0.3, 0.4) is 0 Å². The molecule has 16 heteroatoms. The minimum absolute atomic E-state index is 0.0478. The SMILES string of the molecule is COCOc1cc(-c2ncc3c(N4C[C@H]5CC[C@@H](C4)N5C(=O)O)nc(OC[C@@]45CCCN4C[C@]4(CC4(F)F)C5)nc3c2F)c2c(C#C[Si](C(C)C)(C(C)C)C(C)C)c(F)ccc2c1. The number of rotatable bonds is 11. The number of carboxylic acid groups (broad SMARTS) is 1. The molecule has 4 saturated heterocycles. The van der Waals surface area contributed by atoms with Crippen LogP contribution in [-0.2, 0) is 4.74 Å². The predicted octanol–water partition coefficient (Wildman–Crippen LogP) is 9.65. The molecule has 2 aromatic heterocycles. The maximum Gasteiger partial charge on any atom is 0.407 e. The quantitative estimate of drug-likeness (QED) is 0.0676. The molecule has 0 unspecified atom stereocenters. The molecule has 11 nitrogen and oxygen atoms in total. The second-order valence-electron chi connectivity index (χ2n) is 19.6. The number of carbonyl (C=O) groups is 1. The highest BCUT2D eigenvalue weighted by molar-refractivity contribution is 6.90. The van der Waals surface area contributed by atoms with E-state index in [9.17, 15) is 18.7 Å². The van der Waals surface area contributed by atoms with Crippen molar-refractivity contribution in [1.82, 2.24) is 24.8 Å². The van der Waals surface area contributed by atoms with Gasteiger partial charge in [0.25, 0.3) is 5.92 Å². The zero-order valence-corrected chi connectivity index (χ0v) is 38.0. The molecular weight excluding hydrogens is 833 g/mol. The van der Waals surface area contributed by atoms with E-state index in [1.807, 2.05) is 4.90 Å². The molecule has 1 aliphatic carbocycles. The van der Waals surface area contributed by atoms with E-state index in [4.69, 9.17) is 29.2 Å². The number of aromatic nitrogens is 3. The Kier molecular flexibility index (Phi) is 10.9. The highest BCUT2D eigenvalue weighted by Gasteiger charge is 2.77. The number of halogens is 4. The first kappa shape index (κ1) is 43.5. The topological polar surface area (TPSA) is 113 Å². The number of nitrogens with zero attached hydrogens (tertiary/aromatic N) is 6. The summed E-state index contributed by atoms with van der Waals surface area (Å²) < 4.78 is 81.1. The Balaban J connectivity index is 1.20. The normalized spacial score (nSPS) is 25.2. The zero-order valence-electron chi connectivity index (χ0n) is 37.0. The summed E-state index contributed by atoms with van der Waals surface area (Å²) in [6, 6.07) is 5.62. The van der Waals surface area contributed by atoms with E-state index in [0.29, 0.717) is 74.2 Å². The van der Waals surface area contributed by atoms with Gasteiger partial charge in [-0.2, -0.15) is 9.97 Å². The molecule has 2 bridgehead atoms. The van der Waals surface area contributed by atoms with Crippen molar-refractivity contribution in [2.45, 2.75) is 120 Å². The lowest BCUT2D eigenvalue weighted by Crippen LogP contribution is -2.55. The molecule has 1 amide bonds. The summed E-state index contributed by atoms with van der Waals surface area (Å²) in [4.78, 5) is 32.1. The van der Waals surface area contributed by atoms with Crippen molar-refractivity contribution in [3.63, 3.8) is 0 Å². The summed E-state index contributed by atoms with van der Waals surface area (Å²) in [7, 11) is -0.857. The predicted molar refractivity (Wildman–Crippen MR) is 235 cm³/mol. The minimum atomic E-state index is -2.71. The van der Waals surface area contributed by atoms with Gasteiger partial charge >= 0.3 is 12.1 Å². The molecule has 1 spiro atoms. The first-order chi connectivity index (χ1) is 29.9. The van der Waals surface area contributed by atoms with Crippen molar-refractivity contribution in [3.05, 3.63) is 47.7 Å². The number of methoxy groups -OCH3 is 1.